The molecule has 0 aromatic heterocycles. The third-order valence-corrected chi connectivity index (χ3v) is 3.00. The number of rotatable bonds is 6. The summed E-state index contributed by atoms with van der Waals surface area (Å²) >= 11 is 0. The molecule has 2 rings (SSSR count). The van der Waals surface area contributed by atoms with Crippen LogP contribution in [0.2, 0.25) is 0 Å². The van der Waals surface area contributed by atoms with Crippen molar-refractivity contribution in [2.75, 3.05) is 12.4 Å². The molecule has 1 N–H and O–H groups in total. The van der Waals surface area contributed by atoms with Gasteiger partial charge in [0.05, 0.1) is 7.11 Å². The predicted octanol–water partition coefficient (Wildman–Crippen LogP) is 4.04. The molecule has 0 atom stereocenters. The normalized spacial score (nSPS) is 9.95. The van der Waals surface area contributed by atoms with E-state index in [1.807, 2.05) is 18.2 Å². The van der Waals surface area contributed by atoms with Gasteiger partial charge in [-0.05, 0) is 35.7 Å². The zero-order valence-corrected chi connectivity index (χ0v) is 11.2. The van der Waals surface area contributed by atoms with Gasteiger partial charge in [-0.15, -0.1) is 6.58 Å². The Labute approximate surface area is 114 Å². The molecule has 19 heavy (non-hydrogen) atoms. The molecule has 0 spiro atoms. The van der Waals surface area contributed by atoms with Crippen LogP contribution in [0.5, 0.6) is 5.75 Å². The Kier molecular flexibility index (Phi) is 4.62. The molecule has 98 valence electrons. The van der Waals surface area contributed by atoms with E-state index in [0.717, 1.165) is 24.4 Å². The molecule has 0 aliphatic rings. The van der Waals surface area contributed by atoms with E-state index in [1.165, 1.54) is 11.1 Å². The number of ether oxygens (including phenoxy) is 1. The van der Waals surface area contributed by atoms with E-state index in [-0.39, 0.29) is 0 Å². The molecule has 0 fully saturated rings. The average molecular weight is 253 g/mol. The summed E-state index contributed by atoms with van der Waals surface area (Å²) in [5, 5.41) is 3.46. The Hall–Kier alpha value is -2.22. The van der Waals surface area contributed by atoms with Crippen molar-refractivity contribution in [1.29, 1.82) is 0 Å². The van der Waals surface area contributed by atoms with Crippen molar-refractivity contribution in [2.24, 2.45) is 0 Å². The third kappa shape index (κ3) is 3.62. The van der Waals surface area contributed by atoms with Gasteiger partial charge in [-0.1, -0.05) is 36.4 Å². The molecule has 0 saturated carbocycles. The second-order valence-electron chi connectivity index (χ2n) is 4.36. The Bertz CT molecular complexity index is 534. The van der Waals surface area contributed by atoms with Crippen molar-refractivity contribution < 1.29 is 4.74 Å². The Morgan fingerprint density at radius 1 is 1.16 bits per heavy atom. The Balaban J connectivity index is 2.12. The fraction of sp³-hybridized carbons (Fsp3) is 0.176. The van der Waals surface area contributed by atoms with Gasteiger partial charge in [0.1, 0.15) is 5.75 Å². The standard InChI is InChI=1S/C17H19NO/c1-3-7-15-12-16(19-2)10-11-17(15)18-13-14-8-5-4-6-9-14/h3-6,8-12,18H,1,7,13H2,2H3. The average Bonchev–Trinajstić information content (AvgIpc) is 2.47. The second-order valence-corrected chi connectivity index (χ2v) is 4.36. The first-order valence-corrected chi connectivity index (χ1v) is 6.39. The maximum Gasteiger partial charge on any atom is 0.119 e. The molecule has 0 heterocycles. The molecule has 0 unspecified atom stereocenters. The summed E-state index contributed by atoms with van der Waals surface area (Å²) in [5.41, 5.74) is 3.60. The van der Waals surface area contributed by atoms with Gasteiger partial charge in [0.2, 0.25) is 0 Å². The van der Waals surface area contributed by atoms with Gasteiger partial charge in [0.25, 0.3) is 0 Å². The first-order valence-electron chi connectivity index (χ1n) is 6.39. The number of methoxy groups -OCH3 is 1. The summed E-state index contributed by atoms with van der Waals surface area (Å²) in [7, 11) is 1.68. The van der Waals surface area contributed by atoms with E-state index >= 15 is 0 Å². The van der Waals surface area contributed by atoms with E-state index in [1.54, 1.807) is 7.11 Å². The Morgan fingerprint density at radius 3 is 2.63 bits per heavy atom. The topological polar surface area (TPSA) is 21.3 Å². The van der Waals surface area contributed by atoms with Gasteiger partial charge < -0.3 is 10.1 Å². The van der Waals surface area contributed by atoms with Crippen LogP contribution in [0.25, 0.3) is 0 Å². The summed E-state index contributed by atoms with van der Waals surface area (Å²) in [6, 6.07) is 16.4. The molecular formula is C17H19NO. The summed E-state index contributed by atoms with van der Waals surface area (Å²) < 4.78 is 5.26. The second kappa shape index (κ2) is 6.64. The lowest BCUT2D eigenvalue weighted by Crippen LogP contribution is -2.02. The van der Waals surface area contributed by atoms with Crippen LogP contribution in [0.4, 0.5) is 5.69 Å². The fourth-order valence-corrected chi connectivity index (χ4v) is 1.99. The number of benzene rings is 2. The molecule has 0 aliphatic carbocycles. The molecule has 2 aromatic carbocycles. The number of hydrogen-bond donors (Lipinski definition) is 1. The molecular weight excluding hydrogens is 234 g/mol. The molecule has 0 saturated heterocycles. The molecule has 0 amide bonds. The zero-order valence-electron chi connectivity index (χ0n) is 11.2. The lowest BCUT2D eigenvalue weighted by molar-refractivity contribution is 0.414. The van der Waals surface area contributed by atoms with Crippen LogP contribution < -0.4 is 10.1 Å². The van der Waals surface area contributed by atoms with Crippen molar-refractivity contribution in [3.63, 3.8) is 0 Å². The molecule has 2 nitrogen and oxygen atoms in total. The van der Waals surface area contributed by atoms with Gasteiger partial charge in [-0.2, -0.15) is 0 Å². The molecule has 0 aliphatic heterocycles. The highest BCUT2D eigenvalue weighted by Crippen LogP contribution is 2.23. The summed E-state index contributed by atoms with van der Waals surface area (Å²) in [4.78, 5) is 0. The number of hydrogen-bond acceptors (Lipinski definition) is 2. The lowest BCUT2D eigenvalue weighted by Gasteiger charge is -2.12. The van der Waals surface area contributed by atoms with Crippen molar-refractivity contribution in [2.45, 2.75) is 13.0 Å². The van der Waals surface area contributed by atoms with Crippen molar-refractivity contribution in [1.82, 2.24) is 0 Å². The fourth-order valence-electron chi connectivity index (χ4n) is 1.99. The van der Waals surface area contributed by atoms with E-state index in [2.05, 4.69) is 48.3 Å². The van der Waals surface area contributed by atoms with E-state index in [4.69, 9.17) is 4.74 Å². The summed E-state index contributed by atoms with van der Waals surface area (Å²) in [6.45, 7) is 4.62. The third-order valence-electron chi connectivity index (χ3n) is 3.00. The smallest absolute Gasteiger partial charge is 0.119 e. The van der Waals surface area contributed by atoms with Crippen LogP contribution in [-0.2, 0) is 13.0 Å². The lowest BCUT2D eigenvalue weighted by atomic mass is 10.1. The van der Waals surface area contributed by atoms with Crippen LogP contribution in [0, 0.1) is 0 Å². The zero-order chi connectivity index (χ0) is 13.5. The molecule has 0 bridgehead atoms. The van der Waals surface area contributed by atoms with Gasteiger partial charge in [-0.25, -0.2) is 0 Å². The number of allylic oxidation sites excluding steroid dienone is 1. The maximum absolute atomic E-state index is 5.26. The number of nitrogens with one attached hydrogen (secondary N) is 1. The largest absolute Gasteiger partial charge is 0.497 e. The predicted molar refractivity (Wildman–Crippen MR) is 80.7 cm³/mol. The van der Waals surface area contributed by atoms with Gasteiger partial charge in [0.15, 0.2) is 0 Å². The van der Waals surface area contributed by atoms with Gasteiger partial charge in [0, 0.05) is 12.2 Å². The number of anilines is 1. The minimum absolute atomic E-state index is 0.817. The van der Waals surface area contributed by atoms with Gasteiger partial charge >= 0.3 is 0 Å². The van der Waals surface area contributed by atoms with Crippen LogP contribution >= 0.6 is 0 Å². The molecule has 2 aromatic rings. The van der Waals surface area contributed by atoms with Crippen molar-refractivity contribution in [3.8, 4) is 5.75 Å². The first kappa shape index (κ1) is 13.2. The van der Waals surface area contributed by atoms with Crippen LogP contribution in [-0.4, -0.2) is 7.11 Å². The van der Waals surface area contributed by atoms with Crippen molar-refractivity contribution in [3.05, 3.63) is 72.3 Å². The maximum atomic E-state index is 5.26. The Morgan fingerprint density at radius 2 is 1.95 bits per heavy atom. The highest BCUT2D eigenvalue weighted by molar-refractivity contribution is 5.55. The van der Waals surface area contributed by atoms with E-state index < -0.39 is 0 Å². The summed E-state index contributed by atoms with van der Waals surface area (Å²) in [5.74, 6) is 0.877. The summed E-state index contributed by atoms with van der Waals surface area (Å²) in [6.07, 6.45) is 2.73. The van der Waals surface area contributed by atoms with Crippen molar-refractivity contribution >= 4 is 5.69 Å². The molecule has 2 heteroatoms. The molecule has 0 radical (unpaired) electrons. The highest BCUT2D eigenvalue weighted by atomic mass is 16.5. The highest BCUT2D eigenvalue weighted by Gasteiger charge is 2.03. The first-order chi connectivity index (χ1) is 9.33. The SMILES string of the molecule is C=CCc1cc(OC)ccc1NCc1ccccc1. The quantitative estimate of drug-likeness (QED) is 0.785. The minimum atomic E-state index is 0.817. The van der Waals surface area contributed by atoms with Crippen LogP contribution in [0.15, 0.2) is 61.2 Å². The monoisotopic (exact) mass is 253 g/mol. The van der Waals surface area contributed by atoms with Gasteiger partial charge in [-0.3, -0.25) is 0 Å². The van der Waals surface area contributed by atoms with Crippen LogP contribution in [0.1, 0.15) is 11.1 Å². The van der Waals surface area contributed by atoms with E-state index in [9.17, 15) is 0 Å². The van der Waals surface area contributed by atoms with E-state index in [0.29, 0.717) is 0 Å². The minimum Gasteiger partial charge on any atom is -0.497 e. The van der Waals surface area contributed by atoms with Crippen LogP contribution in [0.3, 0.4) is 0 Å².